The van der Waals surface area contributed by atoms with Gasteiger partial charge < -0.3 is 4.90 Å². The average Bonchev–Trinajstić information content (AvgIpc) is 3.15. The topological polar surface area (TPSA) is 54.5 Å². The standard InChI is InChI=1S/C15H18FNO3S/c1-17(10-6-7-21(19,20)9-10)15(18)13-8-12(13)11-4-2-3-5-14(11)16/h2-5,10,12-13H,6-9H2,1H3. The molecule has 3 rings (SSSR count). The van der Waals surface area contributed by atoms with Crippen LogP contribution in [0.4, 0.5) is 4.39 Å². The molecular weight excluding hydrogens is 293 g/mol. The summed E-state index contributed by atoms with van der Waals surface area (Å²) in [6.45, 7) is 0. The van der Waals surface area contributed by atoms with Gasteiger partial charge in [-0.25, -0.2) is 12.8 Å². The van der Waals surface area contributed by atoms with Crippen molar-refractivity contribution in [2.75, 3.05) is 18.6 Å². The van der Waals surface area contributed by atoms with Crippen LogP contribution in [-0.4, -0.2) is 43.8 Å². The minimum Gasteiger partial charge on any atom is -0.341 e. The molecule has 114 valence electrons. The smallest absolute Gasteiger partial charge is 0.226 e. The van der Waals surface area contributed by atoms with E-state index in [-0.39, 0.29) is 41.1 Å². The van der Waals surface area contributed by atoms with Crippen LogP contribution in [0.15, 0.2) is 24.3 Å². The van der Waals surface area contributed by atoms with Gasteiger partial charge in [-0.05, 0) is 30.4 Å². The van der Waals surface area contributed by atoms with Crippen LogP contribution in [-0.2, 0) is 14.6 Å². The first-order chi connectivity index (χ1) is 9.89. The maximum atomic E-state index is 13.7. The fraction of sp³-hybridized carbons (Fsp3) is 0.533. The number of amides is 1. The van der Waals surface area contributed by atoms with Crippen molar-refractivity contribution in [2.24, 2.45) is 5.92 Å². The van der Waals surface area contributed by atoms with Crippen LogP contribution >= 0.6 is 0 Å². The molecule has 0 aromatic heterocycles. The summed E-state index contributed by atoms with van der Waals surface area (Å²) in [5.74, 6) is -0.424. The molecule has 2 aliphatic rings. The molecule has 6 heteroatoms. The third kappa shape index (κ3) is 2.81. The molecule has 2 fully saturated rings. The van der Waals surface area contributed by atoms with Crippen LogP contribution in [0.5, 0.6) is 0 Å². The van der Waals surface area contributed by atoms with E-state index in [1.807, 2.05) is 0 Å². The Morgan fingerprint density at radius 1 is 1.33 bits per heavy atom. The van der Waals surface area contributed by atoms with E-state index in [2.05, 4.69) is 0 Å². The summed E-state index contributed by atoms with van der Waals surface area (Å²) >= 11 is 0. The van der Waals surface area contributed by atoms with Crippen LogP contribution in [0.2, 0.25) is 0 Å². The van der Waals surface area contributed by atoms with E-state index < -0.39 is 9.84 Å². The predicted octanol–water partition coefficient (Wildman–Crippen LogP) is 1.57. The van der Waals surface area contributed by atoms with Gasteiger partial charge in [0.25, 0.3) is 0 Å². The van der Waals surface area contributed by atoms with Gasteiger partial charge in [-0.15, -0.1) is 0 Å². The highest BCUT2D eigenvalue weighted by Gasteiger charge is 2.48. The van der Waals surface area contributed by atoms with E-state index in [0.29, 0.717) is 18.4 Å². The third-order valence-corrected chi connectivity index (χ3v) is 6.27. The molecule has 1 amide bonds. The molecule has 1 saturated heterocycles. The lowest BCUT2D eigenvalue weighted by atomic mass is 10.1. The number of carbonyl (C=O) groups excluding carboxylic acids is 1. The third-order valence-electron chi connectivity index (χ3n) is 4.52. The Kier molecular flexibility index (Phi) is 3.51. The highest BCUT2D eigenvalue weighted by atomic mass is 32.2. The van der Waals surface area contributed by atoms with Crippen molar-refractivity contribution in [2.45, 2.75) is 24.8 Å². The van der Waals surface area contributed by atoms with Gasteiger partial charge in [0, 0.05) is 19.0 Å². The molecule has 1 heterocycles. The van der Waals surface area contributed by atoms with Crippen molar-refractivity contribution in [1.82, 2.24) is 4.90 Å². The Hall–Kier alpha value is -1.43. The first-order valence-corrected chi connectivity index (χ1v) is 8.93. The normalized spacial score (nSPS) is 30.1. The van der Waals surface area contributed by atoms with Crippen molar-refractivity contribution in [1.29, 1.82) is 0 Å². The van der Waals surface area contributed by atoms with Gasteiger partial charge in [0.1, 0.15) is 5.82 Å². The number of rotatable bonds is 3. The van der Waals surface area contributed by atoms with E-state index in [0.717, 1.165) is 0 Å². The van der Waals surface area contributed by atoms with E-state index >= 15 is 0 Å². The van der Waals surface area contributed by atoms with Gasteiger partial charge in [0.15, 0.2) is 9.84 Å². The number of nitrogens with zero attached hydrogens (tertiary/aromatic N) is 1. The van der Waals surface area contributed by atoms with Crippen molar-refractivity contribution in [3.05, 3.63) is 35.6 Å². The summed E-state index contributed by atoms with van der Waals surface area (Å²) in [7, 11) is -1.35. The second kappa shape index (κ2) is 5.09. The van der Waals surface area contributed by atoms with E-state index in [4.69, 9.17) is 0 Å². The van der Waals surface area contributed by atoms with Gasteiger partial charge in [0.05, 0.1) is 11.5 Å². The number of sulfone groups is 1. The molecule has 0 radical (unpaired) electrons. The summed E-state index contributed by atoms with van der Waals surface area (Å²) < 4.78 is 36.7. The summed E-state index contributed by atoms with van der Waals surface area (Å²) in [4.78, 5) is 14.0. The maximum absolute atomic E-state index is 13.7. The molecule has 0 spiro atoms. The number of benzene rings is 1. The zero-order valence-corrected chi connectivity index (χ0v) is 12.6. The maximum Gasteiger partial charge on any atom is 0.226 e. The first-order valence-electron chi connectivity index (χ1n) is 7.10. The van der Waals surface area contributed by atoms with Crippen molar-refractivity contribution < 1.29 is 17.6 Å². The fourth-order valence-corrected chi connectivity index (χ4v) is 4.88. The average molecular weight is 311 g/mol. The molecule has 1 aromatic rings. The zero-order valence-electron chi connectivity index (χ0n) is 11.8. The highest BCUT2D eigenvalue weighted by molar-refractivity contribution is 7.91. The largest absolute Gasteiger partial charge is 0.341 e. The van der Waals surface area contributed by atoms with Crippen LogP contribution < -0.4 is 0 Å². The molecule has 1 aliphatic carbocycles. The van der Waals surface area contributed by atoms with Gasteiger partial charge in [-0.1, -0.05) is 18.2 Å². The number of hydrogen-bond donors (Lipinski definition) is 0. The monoisotopic (exact) mass is 311 g/mol. The van der Waals surface area contributed by atoms with Crippen molar-refractivity contribution in [3.8, 4) is 0 Å². The van der Waals surface area contributed by atoms with E-state index in [1.165, 1.54) is 6.07 Å². The van der Waals surface area contributed by atoms with Crippen LogP contribution in [0, 0.1) is 11.7 Å². The molecule has 0 N–H and O–H groups in total. The number of hydrogen-bond acceptors (Lipinski definition) is 3. The van der Waals surface area contributed by atoms with Crippen LogP contribution in [0.3, 0.4) is 0 Å². The zero-order chi connectivity index (χ0) is 15.2. The lowest BCUT2D eigenvalue weighted by molar-refractivity contribution is -0.133. The molecular formula is C15H18FNO3S. The Morgan fingerprint density at radius 3 is 2.67 bits per heavy atom. The van der Waals surface area contributed by atoms with Gasteiger partial charge in [0.2, 0.25) is 5.91 Å². The number of carbonyl (C=O) groups is 1. The SMILES string of the molecule is CN(C(=O)C1CC1c1ccccc1F)C1CCS(=O)(=O)C1. The lowest BCUT2D eigenvalue weighted by Crippen LogP contribution is -2.39. The molecule has 3 atom stereocenters. The first kappa shape index (κ1) is 14.5. The summed E-state index contributed by atoms with van der Waals surface area (Å²) in [5.41, 5.74) is 0.586. The molecule has 1 aliphatic heterocycles. The predicted molar refractivity (Wildman–Crippen MR) is 77.1 cm³/mol. The van der Waals surface area contributed by atoms with Crippen LogP contribution in [0.1, 0.15) is 24.3 Å². The molecule has 4 nitrogen and oxygen atoms in total. The Bertz CT molecular complexity index is 673. The second-order valence-corrected chi connectivity index (χ2v) is 8.20. The van der Waals surface area contributed by atoms with Crippen LogP contribution in [0.25, 0.3) is 0 Å². The molecule has 3 unspecified atom stereocenters. The Labute approximate surface area is 123 Å². The quantitative estimate of drug-likeness (QED) is 0.851. The Morgan fingerprint density at radius 2 is 2.05 bits per heavy atom. The lowest BCUT2D eigenvalue weighted by Gasteiger charge is -2.23. The molecule has 21 heavy (non-hydrogen) atoms. The minimum atomic E-state index is -3.01. The summed E-state index contributed by atoms with van der Waals surface area (Å²) in [5, 5.41) is 0. The van der Waals surface area contributed by atoms with Gasteiger partial charge in [-0.3, -0.25) is 4.79 Å². The van der Waals surface area contributed by atoms with Crippen molar-refractivity contribution >= 4 is 15.7 Å². The van der Waals surface area contributed by atoms with Gasteiger partial charge >= 0.3 is 0 Å². The molecule has 1 aromatic carbocycles. The summed E-state index contributed by atoms with van der Waals surface area (Å²) in [6, 6.07) is 6.29. The fourth-order valence-electron chi connectivity index (χ4n) is 3.11. The summed E-state index contributed by atoms with van der Waals surface area (Å²) in [6.07, 6.45) is 1.14. The van der Waals surface area contributed by atoms with Crippen molar-refractivity contribution in [3.63, 3.8) is 0 Å². The number of halogens is 1. The van der Waals surface area contributed by atoms with E-state index in [1.54, 1.807) is 30.1 Å². The minimum absolute atomic E-state index is 0.0479. The molecule has 1 saturated carbocycles. The van der Waals surface area contributed by atoms with Gasteiger partial charge in [-0.2, -0.15) is 0 Å². The van der Waals surface area contributed by atoms with E-state index in [9.17, 15) is 17.6 Å². The molecule has 0 bridgehead atoms. The highest BCUT2D eigenvalue weighted by Crippen LogP contribution is 2.49. The Balaban J connectivity index is 1.67. The second-order valence-electron chi connectivity index (χ2n) is 5.98.